The van der Waals surface area contributed by atoms with E-state index in [9.17, 15) is 0 Å². The van der Waals surface area contributed by atoms with E-state index in [1.807, 2.05) is 0 Å². The third-order valence-corrected chi connectivity index (χ3v) is 9.28. The van der Waals surface area contributed by atoms with Gasteiger partial charge < -0.3 is 21.7 Å². The molecule has 0 unspecified atom stereocenters. The summed E-state index contributed by atoms with van der Waals surface area (Å²) in [6.45, 7) is 2.28. The Bertz CT molecular complexity index is 733. The minimum absolute atomic E-state index is 0. The second-order valence-corrected chi connectivity index (χ2v) is 9.87. The molecule has 0 saturated carbocycles. The van der Waals surface area contributed by atoms with Crippen LogP contribution in [0, 0.1) is 0 Å². The van der Waals surface area contributed by atoms with Crippen molar-refractivity contribution in [1.29, 1.82) is 0 Å². The fourth-order valence-corrected chi connectivity index (χ4v) is 7.91. The van der Waals surface area contributed by atoms with Crippen LogP contribution in [0.3, 0.4) is 0 Å². The number of hydrogen-bond donors (Lipinski definition) is 0. The van der Waals surface area contributed by atoms with Crippen molar-refractivity contribution in [3.8, 4) is 5.75 Å². The highest BCUT2D eigenvalue weighted by Crippen LogP contribution is 2.56. The molecule has 0 saturated heterocycles. The van der Waals surface area contributed by atoms with Gasteiger partial charge >= 0.3 is 0 Å². The summed E-state index contributed by atoms with van der Waals surface area (Å²) >= 11 is 0. The first-order valence-corrected chi connectivity index (χ1v) is 10.9. The Labute approximate surface area is 168 Å². The van der Waals surface area contributed by atoms with E-state index in [-0.39, 0.29) is 17.0 Å². The van der Waals surface area contributed by atoms with Crippen molar-refractivity contribution >= 4 is 23.2 Å². The molecule has 0 aliphatic heterocycles. The zero-order valence-electron chi connectivity index (χ0n) is 15.4. The molecule has 1 nitrogen and oxygen atoms in total. The van der Waals surface area contributed by atoms with Gasteiger partial charge in [0.2, 0.25) is 0 Å². The summed E-state index contributed by atoms with van der Waals surface area (Å²) in [6.07, 6.45) is 3.63. The smallest absolute Gasteiger partial charge is 0.119 e. The molecule has 0 amide bonds. The van der Waals surface area contributed by atoms with E-state index in [1.165, 1.54) is 34.9 Å². The minimum Gasteiger partial charge on any atom is -1.00 e. The maximum absolute atomic E-state index is 5.39. The fraction of sp³-hybridized carbons (Fsp3) is 0.217. The predicted octanol–water partition coefficient (Wildman–Crippen LogP) is 1.79. The van der Waals surface area contributed by atoms with Crippen molar-refractivity contribution in [1.82, 2.24) is 0 Å². The van der Waals surface area contributed by atoms with E-state index in [4.69, 9.17) is 4.74 Å². The van der Waals surface area contributed by atoms with E-state index in [0.717, 1.165) is 5.75 Å². The molecule has 0 aliphatic rings. The lowest BCUT2D eigenvalue weighted by molar-refractivity contribution is -0.00000529. The van der Waals surface area contributed by atoms with Gasteiger partial charge in [-0.25, -0.2) is 0 Å². The molecule has 3 aromatic rings. The zero-order chi connectivity index (χ0) is 17.5. The molecule has 136 valence electrons. The first-order valence-electron chi connectivity index (χ1n) is 8.95. The Kier molecular flexibility index (Phi) is 7.87. The fourth-order valence-electron chi connectivity index (χ4n) is 3.43. The van der Waals surface area contributed by atoms with Gasteiger partial charge in [-0.15, -0.1) is 0 Å². The van der Waals surface area contributed by atoms with E-state index < -0.39 is 7.26 Å². The summed E-state index contributed by atoms with van der Waals surface area (Å²) in [6, 6.07) is 30.8. The molecule has 0 fully saturated rings. The molecule has 0 heterocycles. The Morgan fingerprint density at radius 3 is 1.58 bits per heavy atom. The molecule has 0 aliphatic carbocycles. The van der Waals surface area contributed by atoms with Crippen LogP contribution in [0.25, 0.3) is 0 Å². The highest BCUT2D eigenvalue weighted by Gasteiger charge is 2.44. The monoisotopic (exact) mass is 428 g/mol. The van der Waals surface area contributed by atoms with Crippen molar-refractivity contribution in [3.63, 3.8) is 0 Å². The van der Waals surface area contributed by atoms with Crippen LogP contribution < -0.4 is 37.6 Å². The average molecular weight is 429 g/mol. The normalized spacial score (nSPS) is 10.8. The van der Waals surface area contributed by atoms with E-state index in [1.54, 1.807) is 7.11 Å². The van der Waals surface area contributed by atoms with Crippen LogP contribution >= 0.6 is 7.26 Å². The quantitative estimate of drug-likeness (QED) is 0.521. The highest BCUT2D eigenvalue weighted by atomic mass is 79.9. The molecule has 3 aromatic carbocycles. The highest BCUT2D eigenvalue weighted by molar-refractivity contribution is 7.95. The van der Waals surface area contributed by atoms with Crippen molar-refractivity contribution in [2.45, 2.75) is 19.8 Å². The van der Waals surface area contributed by atoms with Crippen LogP contribution in [0.15, 0.2) is 84.9 Å². The van der Waals surface area contributed by atoms with Gasteiger partial charge in [0.15, 0.2) is 0 Å². The van der Waals surface area contributed by atoms with Gasteiger partial charge in [-0.05, 0) is 55.0 Å². The maximum atomic E-state index is 5.39. The largest absolute Gasteiger partial charge is 1.00 e. The van der Waals surface area contributed by atoms with Crippen LogP contribution in [-0.2, 0) is 0 Å². The first kappa shape index (κ1) is 20.7. The standard InChI is InChI=1S/C23H26OP.BrH/c1-3-4-19-25(21-11-7-5-8-12-21,22-13-9-6-10-14-22)23-17-15-20(24-2)16-18-23;/h5-18H,3-4,19H2,1-2H3;1H/q+1;/p-1. The Hall–Kier alpha value is -1.63. The second kappa shape index (κ2) is 9.90. The lowest BCUT2D eigenvalue weighted by Crippen LogP contribution is -3.00. The van der Waals surface area contributed by atoms with Gasteiger partial charge in [0.1, 0.15) is 28.9 Å². The van der Waals surface area contributed by atoms with Gasteiger partial charge in [0.05, 0.1) is 13.3 Å². The molecule has 3 rings (SSSR count). The van der Waals surface area contributed by atoms with Crippen LogP contribution in [0.4, 0.5) is 0 Å². The van der Waals surface area contributed by atoms with Crippen LogP contribution in [0.1, 0.15) is 19.8 Å². The van der Waals surface area contributed by atoms with Crippen LogP contribution in [0.2, 0.25) is 0 Å². The SMILES string of the molecule is CCCC[P+](c1ccccc1)(c1ccccc1)c1ccc(OC)cc1.[Br-]. The Morgan fingerprint density at radius 1 is 0.692 bits per heavy atom. The molecular weight excluding hydrogens is 403 g/mol. The predicted molar refractivity (Wildman–Crippen MR) is 111 cm³/mol. The molecule has 0 bridgehead atoms. The van der Waals surface area contributed by atoms with E-state index in [2.05, 4.69) is 91.9 Å². The summed E-state index contributed by atoms with van der Waals surface area (Å²) in [5.74, 6) is 0.915. The van der Waals surface area contributed by atoms with Crippen LogP contribution in [0.5, 0.6) is 5.75 Å². The summed E-state index contributed by atoms with van der Waals surface area (Å²) in [5, 5.41) is 4.35. The Morgan fingerprint density at radius 2 is 1.15 bits per heavy atom. The summed E-state index contributed by atoms with van der Waals surface area (Å²) in [5.41, 5.74) is 0. The summed E-state index contributed by atoms with van der Waals surface area (Å²) < 4.78 is 5.39. The molecule has 26 heavy (non-hydrogen) atoms. The van der Waals surface area contributed by atoms with E-state index >= 15 is 0 Å². The second-order valence-electron chi connectivity index (χ2n) is 6.26. The molecule has 0 N–H and O–H groups in total. The van der Waals surface area contributed by atoms with Crippen molar-refractivity contribution in [3.05, 3.63) is 84.9 Å². The van der Waals surface area contributed by atoms with Gasteiger partial charge in [0, 0.05) is 0 Å². The number of methoxy groups -OCH3 is 1. The first-order chi connectivity index (χ1) is 12.3. The third-order valence-electron chi connectivity index (χ3n) is 4.75. The lowest BCUT2D eigenvalue weighted by Gasteiger charge is -2.27. The molecular formula is C23H26BrOP. The third kappa shape index (κ3) is 4.19. The molecule has 0 aromatic heterocycles. The zero-order valence-corrected chi connectivity index (χ0v) is 17.9. The van der Waals surface area contributed by atoms with Crippen molar-refractivity contribution < 1.29 is 21.7 Å². The summed E-state index contributed by atoms with van der Waals surface area (Å²) in [7, 11) is 0.0694. The van der Waals surface area contributed by atoms with Gasteiger partial charge in [-0.1, -0.05) is 49.7 Å². The number of halogens is 1. The van der Waals surface area contributed by atoms with Crippen molar-refractivity contribution in [2.75, 3.05) is 13.3 Å². The van der Waals surface area contributed by atoms with Gasteiger partial charge in [-0.3, -0.25) is 0 Å². The van der Waals surface area contributed by atoms with Crippen LogP contribution in [-0.4, -0.2) is 13.3 Å². The number of ether oxygens (including phenoxy) is 1. The topological polar surface area (TPSA) is 9.23 Å². The summed E-state index contributed by atoms with van der Waals surface area (Å²) in [4.78, 5) is 0. The molecule has 0 radical (unpaired) electrons. The van der Waals surface area contributed by atoms with E-state index in [0.29, 0.717) is 0 Å². The average Bonchev–Trinajstić information content (AvgIpc) is 2.71. The number of unbranched alkanes of at least 4 members (excludes halogenated alkanes) is 1. The van der Waals surface area contributed by atoms with Gasteiger partial charge in [0.25, 0.3) is 0 Å². The number of benzene rings is 3. The molecule has 0 atom stereocenters. The molecule has 0 spiro atoms. The van der Waals surface area contributed by atoms with Crippen molar-refractivity contribution in [2.24, 2.45) is 0 Å². The Balaban J connectivity index is 0.00000243. The maximum Gasteiger partial charge on any atom is 0.119 e. The number of rotatable bonds is 7. The lowest BCUT2D eigenvalue weighted by atomic mass is 10.3. The number of hydrogen-bond acceptors (Lipinski definition) is 1. The molecule has 3 heteroatoms. The van der Waals surface area contributed by atoms with Gasteiger partial charge in [-0.2, -0.15) is 0 Å². The minimum atomic E-state index is -1.66.